The lowest BCUT2D eigenvalue weighted by Crippen LogP contribution is -2.48. The van der Waals surface area contributed by atoms with E-state index < -0.39 is 0 Å². The van der Waals surface area contributed by atoms with Crippen LogP contribution >= 0.6 is 0 Å². The fourth-order valence-corrected chi connectivity index (χ4v) is 4.90. The largest absolute Gasteiger partial charge is 0.426 e. The Morgan fingerprint density at radius 3 is 2.68 bits per heavy atom. The third kappa shape index (κ3) is 3.67. The van der Waals surface area contributed by atoms with Crippen LogP contribution in [-0.2, 0) is 17.6 Å². The van der Waals surface area contributed by atoms with E-state index in [9.17, 15) is 4.79 Å². The molecule has 4 heteroatoms. The van der Waals surface area contributed by atoms with Gasteiger partial charge in [-0.1, -0.05) is 39.8 Å². The van der Waals surface area contributed by atoms with E-state index in [1.165, 1.54) is 34.1 Å². The summed E-state index contributed by atoms with van der Waals surface area (Å²) in [5.41, 5.74) is 6.90. The van der Waals surface area contributed by atoms with Crippen molar-refractivity contribution in [2.75, 3.05) is 13.1 Å². The van der Waals surface area contributed by atoms with Crippen molar-refractivity contribution >= 4 is 16.9 Å². The lowest BCUT2D eigenvalue weighted by Gasteiger charge is -2.30. The molecule has 5 rings (SSSR count). The zero-order valence-corrected chi connectivity index (χ0v) is 19.0. The van der Waals surface area contributed by atoms with E-state index in [4.69, 9.17) is 4.74 Å². The molecule has 0 saturated carbocycles. The smallest absolute Gasteiger partial charge is 0.316 e. The van der Waals surface area contributed by atoms with Crippen molar-refractivity contribution in [3.05, 3.63) is 59.3 Å². The van der Waals surface area contributed by atoms with Gasteiger partial charge >= 0.3 is 5.97 Å². The molecule has 1 aromatic heterocycles. The number of nitrogens with one attached hydrogen (secondary N) is 1. The minimum atomic E-state index is -0.140. The zero-order chi connectivity index (χ0) is 21.8. The molecule has 1 N–H and O–H groups in total. The molecule has 1 fully saturated rings. The first-order valence-corrected chi connectivity index (χ1v) is 11.5. The fraction of sp³-hybridized carbons (Fsp3) is 0.444. The number of rotatable bonds is 4. The molecule has 3 aromatic rings. The van der Waals surface area contributed by atoms with Gasteiger partial charge in [-0.25, -0.2) is 0 Å². The van der Waals surface area contributed by atoms with Gasteiger partial charge in [0.25, 0.3) is 0 Å². The maximum atomic E-state index is 12.3. The maximum Gasteiger partial charge on any atom is 0.316 e. The number of esters is 1. The van der Waals surface area contributed by atoms with Crippen molar-refractivity contribution in [3.63, 3.8) is 0 Å². The summed E-state index contributed by atoms with van der Waals surface area (Å²) >= 11 is 0. The molecule has 0 amide bonds. The molecule has 0 unspecified atom stereocenters. The summed E-state index contributed by atoms with van der Waals surface area (Å²) in [4.78, 5) is 12.3. The summed E-state index contributed by atoms with van der Waals surface area (Å²) in [5, 5.41) is 4.50. The summed E-state index contributed by atoms with van der Waals surface area (Å²) in [5.74, 6) is 0.961. The molecule has 1 aliphatic heterocycles. The second kappa shape index (κ2) is 7.52. The minimum Gasteiger partial charge on any atom is -0.426 e. The van der Waals surface area contributed by atoms with Crippen molar-refractivity contribution in [1.29, 1.82) is 0 Å². The normalized spacial score (nSPS) is 18.1. The first kappa shape index (κ1) is 20.3. The highest BCUT2D eigenvalue weighted by Crippen LogP contribution is 2.42. The number of aromatic nitrogens is 1. The highest BCUT2D eigenvalue weighted by atomic mass is 16.5. The lowest BCUT2D eigenvalue weighted by atomic mass is 9.76. The molecule has 1 aliphatic carbocycles. The minimum absolute atomic E-state index is 0.0273. The monoisotopic (exact) mass is 416 g/mol. The summed E-state index contributed by atoms with van der Waals surface area (Å²) in [6, 6.07) is 14.9. The Kier molecular flexibility index (Phi) is 4.93. The second-order valence-electron chi connectivity index (χ2n) is 10.3. The third-order valence-corrected chi connectivity index (χ3v) is 6.97. The Balaban J connectivity index is 1.61. The summed E-state index contributed by atoms with van der Waals surface area (Å²) in [6.07, 6.45) is 3.33. The van der Waals surface area contributed by atoms with E-state index in [0.717, 1.165) is 18.5 Å². The number of hydrogen-bond donors (Lipinski definition) is 1. The van der Waals surface area contributed by atoms with Crippen molar-refractivity contribution in [2.45, 2.75) is 52.9 Å². The van der Waals surface area contributed by atoms with Crippen molar-refractivity contribution in [1.82, 2.24) is 9.88 Å². The molecule has 0 spiro atoms. The standard InChI is InChI=1S/C27H32N2O2/c1-17(2)18-8-9-24-22(12-18)23-14-27(3,4)11-10-25(23)29(24)20-6-5-7-21(13-20)31-26(30)19-15-28-16-19/h5-9,12-13,17,19,28H,10-11,14-16H2,1-4H3. The average molecular weight is 417 g/mol. The van der Waals surface area contributed by atoms with Crippen LogP contribution in [0.4, 0.5) is 0 Å². The van der Waals surface area contributed by atoms with Crippen molar-refractivity contribution in [3.8, 4) is 11.4 Å². The molecule has 2 aliphatic rings. The van der Waals surface area contributed by atoms with Gasteiger partial charge in [0.1, 0.15) is 5.75 Å². The first-order chi connectivity index (χ1) is 14.8. The number of carbonyl (C=O) groups is 1. The first-order valence-electron chi connectivity index (χ1n) is 11.5. The van der Waals surface area contributed by atoms with Crippen LogP contribution in [0.15, 0.2) is 42.5 Å². The highest BCUT2D eigenvalue weighted by molar-refractivity contribution is 5.88. The topological polar surface area (TPSA) is 43.3 Å². The van der Waals surface area contributed by atoms with E-state index >= 15 is 0 Å². The molecule has 31 heavy (non-hydrogen) atoms. The molecule has 0 atom stereocenters. The number of carbonyl (C=O) groups excluding carboxylic acids is 1. The van der Waals surface area contributed by atoms with Crippen molar-refractivity contribution < 1.29 is 9.53 Å². The van der Waals surface area contributed by atoms with Gasteiger partial charge in [-0.2, -0.15) is 0 Å². The summed E-state index contributed by atoms with van der Waals surface area (Å²) in [7, 11) is 0. The Hall–Kier alpha value is -2.59. The summed E-state index contributed by atoms with van der Waals surface area (Å²) in [6.45, 7) is 10.7. The molecular weight excluding hydrogens is 384 g/mol. The van der Waals surface area contributed by atoms with E-state index in [2.05, 4.69) is 61.8 Å². The number of fused-ring (bicyclic) bond motifs is 3. The average Bonchev–Trinajstić information content (AvgIpc) is 2.98. The van der Waals surface area contributed by atoms with Crippen LogP contribution in [0.5, 0.6) is 5.75 Å². The van der Waals surface area contributed by atoms with Crippen LogP contribution in [0.3, 0.4) is 0 Å². The van der Waals surface area contributed by atoms with Gasteiger partial charge in [0.05, 0.1) is 11.4 Å². The number of benzene rings is 2. The van der Waals surface area contributed by atoms with Crippen LogP contribution in [0.2, 0.25) is 0 Å². The van der Waals surface area contributed by atoms with Gasteiger partial charge in [0.2, 0.25) is 0 Å². The molecule has 162 valence electrons. The van der Waals surface area contributed by atoms with Gasteiger partial charge in [-0.3, -0.25) is 4.79 Å². The van der Waals surface area contributed by atoms with Crippen LogP contribution in [0.25, 0.3) is 16.6 Å². The Morgan fingerprint density at radius 2 is 1.97 bits per heavy atom. The van der Waals surface area contributed by atoms with Gasteiger partial charge in [-0.15, -0.1) is 0 Å². The van der Waals surface area contributed by atoms with Gasteiger partial charge in [0, 0.05) is 35.9 Å². The van der Waals surface area contributed by atoms with E-state index in [0.29, 0.717) is 30.2 Å². The molecule has 2 heterocycles. The van der Waals surface area contributed by atoms with Crippen LogP contribution in [-0.4, -0.2) is 23.6 Å². The number of hydrogen-bond acceptors (Lipinski definition) is 3. The third-order valence-electron chi connectivity index (χ3n) is 6.97. The number of nitrogens with zero attached hydrogens (tertiary/aromatic N) is 1. The Bertz CT molecular complexity index is 1150. The van der Waals surface area contributed by atoms with E-state index in [-0.39, 0.29) is 11.9 Å². The van der Waals surface area contributed by atoms with Gasteiger partial charge in [0.15, 0.2) is 0 Å². The van der Waals surface area contributed by atoms with E-state index in [1.54, 1.807) is 0 Å². The Labute approximate surface area is 184 Å². The van der Waals surface area contributed by atoms with Gasteiger partial charge in [-0.05, 0) is 66.0 Å². The molecular formula is C27H32N2O2. The van der Waals surface area contributed by atoms with E-state index in [1.807, 2.05) is 18.2 Å². The van der Waals surface area contributed by atoms with Gasteiger partial charge < -0.3 is 14.6 Å². The van der Waals surface area contributed by atoms with Crippen LogP contribution in [0, 0.1) is 11.3 Å². The predicted molar refractivity (Wildman–Crippen MR) is 125 cm³/mol. The quantitative estimate of drug-likeness (QED) is 0.458. The molecule has 0 bridgehead atoms. The maximum absolute atomic E-state index is 12.3. The Morgan fingerprint density at radius 1 is 1.16 bits per heavy atom. The molecule has 4 nitrogen and oxygen atoms in total. The molecule has 1 saturated heterocycles. The molecule has 2 aromatic carbocycles. The number of ether oxygens (including phenoxy) is 1. The zero-order valence-electron chi connectivity index (χ0n) is 19.0. The second-order valence-corrected chi connectivity index (χ2v) is 10.3. The summed E-state index contributed by atoms with van der Waals surface area (Å²) < 4.78 is 8.10. The lowest BCUT2D eigenvalue weighted by molar-refractivity contribution is -0.140. The molecule has 0 radical (unpaired) electrons. The van der Waals surface area contributed by atoms with Crippen LogP contribution in [0.1, 0.15) is 56.9 Å². The van der Waals surface area contributed by atoms with Crippen LogP contribution < -0.4 is 10.1 Å². The SMILES string of the molecule is CC(C)c1ccc2c(c1)c1c(n2-c2cccc(OC(=O)C3CNC3)c2)CCC(C)(C)C1. The fourth-order valence-electron chi connectivity index (χ4n) is 4.90. The highest BCUT2D eigenvalue weighted by Gasteiger charge is 2.31. The predicted octanol–water partition coefficient (Wildman–Crippen LogP) is 5.39. The van der Waals surface area contributed by atoms with Crippen molar-refractivity contribution in [2.24, 2.45) is 11.3 Å².